The van der Waals surface area contributed by atoms with Crippen molar-refractivity contribution in [1.29, 1.82) is 0 Å². The summed E-state index contributed by atoms with van der Waals surface area (Å²) in [6, 6.07) is 4.72. The summed E-state index contributed by atoms with van der Waals surface area (Å²) >= 11 is 0. The fourth-order valence-electron chi connectivity index (χ4n) is 3.47. The zero-order valence-electron chi connectivity index (χ0n) is 15.7. The number of hydrogen-bond donors (Lipinski definition) is 1. The lowest BCUT2D eigenvalue weighted by Crippen LogP contribution is -2.49. The second-order valence-corrected chi connectivity index (χ2v) is 6.98. The first-order chi connectivity index (χ1) is 13.4. The number of ether oxygens (including phenoxy) is 1. The van der Waals surface area contributed by atoms with Crippen LogP contribution in [0.5, 0.6) is 5.75 Å². The van der Waals surface area contributed by atoms with Crippen LogP contribution in [0.25, 0.3) is 0 Å². The van der Waals surface area contributed by atoms with Gasteiger partial charge < -0.3 is 15.0 Å². The highest BCUT2D eigenvalue weighted by molar-refractivity contribution is 5.97. The second-order valence-electron chi connectivity index (χ2n) is 6.98. The molecule has 2 atom stereocenters. The molecule has 0 saturated carbocycles. The van der Waals surface area contributed by atoms with Crippen LogP contribution in [0.3, 0.4) is 0 Å². The van der Waals surface area contributed by atoms with E-state index in [0.717, 1.165) is 18.7 Å². The smallest absolute Gasteiger partial charge is 0.258 e. The Hall–Kier alpha value is -2.77. The quantitative estimate of drug-likeness (QED) is 0.838. The van der Waals surface area contributed by atoms with E-state index in [1.54, 1.807) is 4.90 Å². The summed E-state index contributed by atoms with van der Waals surface area (Å²) in [4.78, 5) is 18.5. The van der Waals surface area contributed by atoms with Gasteiger partial charge in [-0.05, 0) is 30.9 Å². The predicted molar refractivity (Wildman–Crippen MR) is 98.8 cm³/mol. The Balaban J connectivity index is 1.80. The van der Waals surface area contributed by atoms with Gasteiger partial charge in [-0.3, -0.25) is 4.79 Å². The molecule has 150 valence electrons. The molecule has 0 radical (unpaired) electrons. The van der Waals surface area contributed by atoms with Gasteiger partial charge >= 0.3 is 0 Å². The van der Waals surface area contributed by atoms with Crippen molar-refractivity contribution < 1.29 is 22.7 Å². The summed E-state index contributed by atoms with van der Waals surface area (Å²) in [5, 5.41) is 2.85. The molecule has 1 aromatic heterocycles. The second kappa shape index (κ2) is 8.50. The highest BCUT2D eigenvalue weighted by Crippen LogP contribution is 2.29. The van der Waals surface area contributed by atoms with Gasteiger partial charge in [0.1, 0.15) is 5.82 Å². The number of halogens is 3. The van der Waals surface area contributed by atoms with Crippen LogP contribution in [0.2, 0.25) is 0 Å². The van der Waals surface area contributed by atoms with Gasteiger partial charge in [0.2, 0.25) is 0 Å². The molecule has 0 aliphatic carbocycles. The Kier molecular flexibility index (Phi) is 6.06. The third kappa shape index (κ3) is 4.21. The van der Waals surface area contributed by atoms with Crippen LogP contribution >= 0.6 is 0 Å². The Labute approximate surface area is 161 Å². The molecular formula is C20H22F3N3O2. The molecule has 1 N–H and O–H groups in total. The average Bonchev–Trinajstić information content (AvgIpc) is 2.67. The van der Waals surface area contributed by atoms with E-state index in [1.165, 1.54) is 25.3 Å². The minimum atomic E-state index is -0.797. The van der Waals surface area contributed by atoms with E-state index < -0.39 is 17.5 Å². The molecule has 2 aromatic rings. The number of methoxy groups -OCH3 is 1. The number of piperidine rings is 1. The molecule has 3 rings (SSSR count). The third-order valence-corrected chi connectivity index (χ3v) is 4.92. The van der Waals surface area contributed by atoms with Gasteiger partial charge in [0, 0.05) is 25.2 Å². The number of pyridine rings is 1. The van der Waals surface area contributed by atoms with E-state index in [0.29, 0.717) is 13.0 Å². The minimum Gasteiger partial charge on any atom is -0.493 e. The summed E-state index contributed by atoms with van der Waals surface area (Å²) in [7, 11) is 1.32. The molecular weight excluding hydrogens is 371 g/mol. The SMILES string of the molecule is COc1c(F)cccc1C(=O)N1C[C@@H](C)CC[C@H]1CNc1ncc(F)cc1F. The maximum Gasteiger partial charge on any atom is 0.258 e. The molecule has 1 aromatic carbocycles. The van der Waals surface area contributed by atoms with Gasteiger partial charge in [0.15, 0.2) is 23.2 Å². The third-order valence-electron chi connectivity index (χ3n) is 4.92. The summed E-state index contributed by atoms with van der Waals surface area (Å²) in [5.41, 5.74) is 0.146. The van der Waals surface area contributed by atoms with Gasteiger partial charge in [-0.2, -0.15) is 0 Å². The fourth-order valence-corrected chi connectivity index (χ4v) is 3.47. The van der Waals surface area contributed by atoms with Gasteiger partial charge in [-0.25, -0.2) is 18.2 Å². The van der Waals surface area contributed by atoms with E-state index in [9.17, 15) is 18.0 Å². The highest BCUT2D eigenvalue weighted by atomic mass is 19.1. The topological polar surface area (TPSA) is 54.5 Å². The van der Waals surface area contributed by atoms with Gasteiger partial charge in [-0.1, -0.05) is 13.0 Å². The molecule has 1 amide bonds. The maximum atomic E-state index is 14.0. The number of benzene rings is 1. The summed E-state index contributed by atoms with van der Waals surface area (Å²) in [6.07, 6.45) is 2.52. The predicted octanol–water partition coefficient (Wildman–Crippen LogP) is 3.86. The standard InChI is InChI=1S/C20H22F3N3O2/c1-12-6-7-14(10-25-19-17(23)8-13(21)9-24-19)26(11-12)20(27)15-4-3-5-16(22)18(15)28-2/h3-5,8-9,12,14H,6-7,10-11H2,1-2H3,(H,24,25)/t12-,14-/m0/s1. The normalized spacial score (nSPS) is 19.4. The van der Waals surface area contributed by atoms with Gasteiger partial charge in [0.25, 0.3) is 5.91 Å². The van der Waals surface area contributed by atoms with Crippen molar-refractivity contribution in [2.45, 2.75) is 25.8 Å². The number of nitrogens with one attached hydrogen (secondary N) is 1. The van der Waals surface area contributed by atoms with E-state index in [-0.39, 0.29) is 41.5 Å². The molecule has 1 aliphatic rings. The lowest BCUT2D eigenvalue weighted by Gasteiger charge is -2.39. The van der Waals surface area contributed by atoms with E-state index in [1.807, 2.05) is 6.92 Å². The number of aromatic nitrogens is 1. The first-order valence-electron chi connectivity index (χ1n) is 9.09. The van der Waals surface area contributed by atoms with Crippen molar-refractivity contribution in [2.75, 3.05) is 25.5 Å². The molecule has 8 heteroatoms. The van der Waals surface area contributed by atoms with Crippen LogP contribution in [0.15, 0.2) is 30.5 Å². The Morgan fingerprint density at radius 2 is 2.07 bits per heavy atom. The Bertz CT molecular complexity index is 863. The summed E-state index contributed by atoms with van der Waals surface area (Å²) < 4.78 is 45.9. The van der Waals surface area contributed by atoms with Crippen molar-refractivity contribution in [3.8, 4) is 5.75 Å². The van der Waals surface area contributed by atoms with Crippen LogP contribution in [-0.4, -0.2) is 42.0 Å². The average molecular weight is 393 g/mol. The number of carbonyl (C=O) groups is 1. The van der Waals surface area contributed by atoms with Crippen molar-refractivity contribution in [2.24, 2.45) is 5.92 Å². The van der Waals surface area contributed by atoms with Crippen LogP contribution in [-0.2, 0) is 0 Å². The largest absolute Gasteiger partial charge is 0.493 e. The van der Waals surface area contributed by atoms with E-state index in [4.69, 9.17) is 4.74 Å². The zero-order valence-corrected chi connectivity index (χ0v) is 15.7. The van der Waals surface area contributed by atoms with Crippen LogP contribution < -0.4 is 10.1 Å². The monoisotopic (exact) mass is 393 g/mol. The van der Waals surface area contributed by atoms with Crippen LogP contribution in [0.4, 0.5) is 19.0 Å². The Morgan fingerprint density at radius 3 is 2.79 bits per heavy atom. The fraction of sp³-hybridized carbons (Fsp3) is 0.400. The van der Waals surface area contributed by atoms with Crippen molar-refractivity contribution in [1.82, 2.24) is 9.88 Å². The van der Waals surface area contributed by atoms with Crippen molar-refractivity contribution in [3.63, 3.8) is 0 Å². The number of amides is 1. The highest BCUT2D eigenvalue weighted by Gasteiger charge is 2.32. The number of nitrogens with zero attached hydrogens (tertiary/aromatic N) is 2. The van der Waals surface area contributed by atoms with Crippen molar-refractivity contribution in [3.05, 3.63) is 53.5 Å². The number of likely N-dealkylation sites (tertiary alicyclic amines) is 1. The maximum absolute atomic E-state index is 14.0. The van der Waals surface area contributed by atoms with E-state index >= 15 is 0 Å². The number of anilines is 1. The molecule has 0 bridgehead atoms. The molecule has 1 fully saturated rings. The minimum absolute atomic E-state index is 0.0734. The first-order valence-corrected chi connectivity index (χ1v) is 9.09. The van der Waals surface area contributed by atoms with Gasteiger partial charge in [-0.15, -0.1) is 0 Å². The van der Waals surface area contributed by atoms with Gasteiger partial charge in [0.05, 0.1) is 18.9 Å². The molecule has 2 heterocycles. The van der Waals surface area contributed by atoms with Crippen LogP contribution in [0.1, 0.15) is 30.1 Å². The molecule has 1 saturated heterocycles. The molecule has 0 unspecified atom stereocenters. The zero-order chi connectivity index (χ0) is 20.3. The number of rotatable bonds is 5. The summed E-state index contributed by atoms with van der Waals surface area (Å²) in [6.45, 7) is 2.77. The van der Waals surface area contributed by atoms with E-state index in [2.05, 4.69) is 10.3 Å². The Morgan fingerprint density at radius 1 is 1.29 bits per heavy atom. The summed E-state index contributed by atoms with van der Waals surface area (Å²) in [5.74, 6) is -2.40. The molecule has 1 aliphatic heterocycles. The van der Waals surface area contributed by atoms with Crippen LogP contribution in [0, 0.1) is 23.4 Å². The first kappa shape index (κ1) is 20.0. The lowest BCUT2D eigenvalue weighted by atomic mass is 9.93. The number of carbonyl (C=O) groups excluding carboxylic acids is 1. The number of para-hydroxylation sites is 1. The van der Waals surface area contributed by atoms with Crippen molar-refractivity contribution >= 4 is 11.7 Å². The lowest BCUT2D eigenvalue weighted by molar-refractivity contribution is 0.0561. The molecule has 5 nitrogen and oxygen atoms in total. The number of hydrogen-bond acceptors (Lipinski definition) is 4. The molecule has 28 heavy (non-hydrogen) atoms. The molecule has 0 spiro atoms.